The quantitative estimate of drug-likeness (QED) is 0.654. The van der Waals surface area contributed by atoms with Crippen LogP contribution in [0.25, 0.3) is 0 Å². The lowest BCUT2D eigenvalue weighted by Crippen LogP contribution is -2.19. The number of hydrogen-bond acceptors (Lipinski definition) is 3. The Balaban J connectivity index is 2.14. The predicted molar refractivity (Wildman–Crippen MR) is 86.5 cm³/mol. The molecule has 1 amide bonds. The lowest BCUT2D eigenvalue weighted by molar-refractivity contribution is 0.0954. The Labute approximate surface area is 131 Å². The van der Waals surface area contributed by atoms with Gasteiger partial charge in [-0.3, -0.25) is 4.79 Å². The second-order valence-corrected chi connectivity index (χ2v) is 5.33. The average Bonchev–Trinajstić information content (AvgIpc) is 2.49. The second-order valence-electron chi connectivity index (χ2n) is 4.41. The van der Waals surface area contributed by atoms with Crippen LogP contribution in [0.4, 0.5) is 0 Å². The summed E-state index contributed by atoms with van der Waals surface area (Å²) in [7, 11) is 0. The SMILES string of the molecule is CC/C(=N/NC(=O)c1cccc(O)c1)c1ccc(Br)cc1. The van der Waals surface area contributed by atoms with Gasteiger partial charge < -0.3 is 5.11 Å². The lowest BCUT2D eigenvalue weighted by atomic mass is 10.1. The minimum atomic E-state index is -0.353. The van der Waals surface area contributed by atoms with E-state index in [4.69, 9.17) is 0 Å². The van der Waals surface area contributed by atoms with Crippen molar-refractivity contribution < 1.29 is 9.90 Å². The van der Waals surface area contributed by atoms with Gasteiger partial charge in [-0.15, -0.1) is 0 Å². The van der Waals surface area contributed by atoms with Crippen LogP contribution < -0.4 is 5.43 Å². The Morgan fingerprint density at radius 3 is 2.52 bits per heavy atom. The molecule has 108 valence electrons. The van der Waals surface area contributed by atoms with Crippen molar-refractivity contribution in [1.82, 2.24) is 5.43 Å². The van der Waals surface area contributed by atoms with Crippen LogP contribution in [-0.2, 0) is 0 Å². The molecule has 2 rings (SSSR count). The van der Waals surface area contributed by atoms with Gasteiger partial charge in [-0.05, 0) is 42.3 Å². The van der Waals surface area contributed by atoms with E-state index in [-0.39, 0.29) is 11.7 Å². The van der Waals surface area contributed by atoms with E-state index in [0.717, 1.165) is 15.7 Å². The molecule has 4 nitrogen and oxygen atoms in total. The molecular weight excluding hydrogens is 332 g/mol. The largest absolute Gasteiger partial charge is 0.508 e. The number of hydrazone groups is 1. The maximum absolute atomic E-state index is 12.0. The van der Waals surface area contributed by atoms with Crippen LogP contribution in [0.1, 0.15) is 29.3 Å². The summed E-state index contributed by atoms with van der Waals surface area (Å²) in [5.74, 6) is -0.302. The zero-order valence-corrected chi connectivity index (χ0v) is 13.1. The van der Waals surface area contributed by atoms with Crippen LogP contribution in [0, 0.1) is 0 Å². The highest BCUT2D eigenvalue weighted by Gasteiger charge is 2.06. The van der Waals surface area contributed by atoms with Gasteiger partial charge in [-0.25, -0.2) is 5.43 Å². The van der Waals surface area contributed by atoms with Crippen molar-refractivity contribution in [3.8, 4) is 5.75 Å². The zero-order valence-electron chi connectivity index (χ0n) is 11.5. The molecule has 0 heterocycles. The molecule has 0 unspecified atom stereocenters. The minimum Gasteiger partial charge on any atom is -0.508 e. The van der Waals surface area contributed by atoms with E-state index in [2.05, 4.69) is 26.5 Å². The average molecular weight is 347 g/mol. The number of nitrogens with one attached hydrogen (secondary N) is 1. The van der Waals surface area contributed by atoms with Crippen molar-refractivity contribution in [2.24, 2.45) is 5.10 Å². The number of aromatic hydroxyl groups is 1. The zero-order chi connectivity index (χ0) is 15.2. The number of hydrogen-bond donors (Lipinski definition) is 2. The molecule has 0 aliphatic heterocycles. The van der Waals surface area contributed by atoms with Gasteiger partial charge >= 0.3 is 0 Å². The number of nitrogens with zero attached hydrogens (tertiary/aromatic N) is 1. The number of halogens is 1. The van der Waals surface area contributed by atoms with Gasteiger partial charge in [0, 0.05) is 10.0 Å². The first-order valence-electron chi connectivity index (χ1n) is 6.52. The normalized spacial score (nSPS) is 11.2. The summed E-state index contributed by atoms with van der Waals surface area (Å²) >= 11 is 3.38. The molecule has 2 N–H and O–H groups in total. The van der Waals surface area contributed by atoms with Crippen LogP contribution >= 0.6 is 15.9 Å². The van der Waals surface area contributed by atoms with Gasteiger partial charge in [0.15, 0.2) is 0 Å². The third-order valence-corrected chi connectivity index (χ3v) is 3.44. The Morgan fingerprint density at radius 1 is 1.19 bits per heavy atom. The number of amides is 1. The smallest absolute Gasteiger partial charge is 0.271 e. The summed E-state index contributed by atoms with van der Waals surface area (Å²) in [6, 6.07) is 13.9. The van der Waals surface area contributed by atoms with Crippen molar-refractivity contribution in [2.75, 3.05) is 0 Å². The Kier molecular flexibility index (Phi) is 5.11. The number of carbonyl (C=O) groups excluding carboxylic acids is 1. The van der Waals surface area contributed by atoms with E-state index in [1.165, 1.54) is 12.1 Å². The molecule has 0 saturated carbocycles. The third-order valence-electron chi connectivity index (χ3n) is 2.91. The first-order chi connectivity index (χ1) is 10.1. The molecule has 2 aromatic rings. The number of phenolic OH excluding ortho intramolecular Hbond substituents is 1. The third kappa shape index (κ3) is 4.16. The van der Waals surface area contributed by atoms with E-state index in [1.54, 1.807) is 12.1 Å². The van der Waals surface area contributed by atoms with Crippen LogP contribution in [0.5, 0.6) is 5.75 Å². The number of carbonyl (C=O) groups is 1. The highest BCUT2D eigenvalue weighted by Crippen LogP contribution is 2.13. The van der Waals surface area contributed by atoms with E-state index >= 15 is 0 Å². The van der Waals surface area contributed by atoms with Crippen LogP contribution in [0.3, 0.4) is 0 Å². The first-order valence-corrected chi connectivity index (χ1v) is 7.31. The molecule has 5 heteroatoms. The summed E-state index contributed by atoms with van der Waals surface area (Å²) in [6.07, 6.45) is 0.696. The maximum atomic E-state index is 12.0. The van der Waals surface area contributed by atoms with Crippen molar-refractivity contribution in [1.29, 1.82) is 0 Å². The molecule has 0 aromatic heterocycles. The number of phenols is 1. The molecule has 0 radical (unpaired) electrons. The van der Waals surface area contributed by atoms with E-state index < -0.39 is 0 Å². The summed E-state index contributed by atoms with van der Waals surface area (Å²) < 4.78 is 0.991. The molecule has 0 fully saturated rings. The minimum absolute atomic E-state index is 0.0512. The monoisotopic (exact) mass is 346 g/mol. The van der Waals surface area contributed by atoms with Crippen LogP contribution in [0.15, 0.2) is 58.1 Å². The molecule has 21 heavy (non-hydrogen) atoms. The van der Waals surface area contributed by atoms with Gasteiger partial charge in [-0.2, -0.15) is 5.10 Å². The van der Waals surface area contributed by atoms with Crippen LogP contribution in [-0.4, -0.2) is 16.7 Å². The first kappa shape index (κ1) is 15.3. The topological polar surface area (TPSA) is 61.7 Å². The van der Waals surface area contributed by atoms with Gasteiger partial charge in [0.1, 0.15) is 5.75 Å². The second kappa shape index (κ2) is 7.04. The summed E-state index contributed by atoms with van der Waals surface area (Å²) in [6.45, 7) is 1.97. The maximum Gasteiger partial charge on any atom is 0.271 e. The van der Waals surface area contributed by atoms with Gasteiger partial charge in [0.05, 0.1) is 5.71 Å². The molecule has 0 bridgehead atoms. The molecule has 0 aliphatic rings. The van der Waals surface area contributed by atoms with E-state index in [1.807, 2.05) is 31.2 Å². The molecule has 0 spiro atoms. The number of rotatable bonds is 4. The van der Waals surface area contributed by atoms with E-state index in [9.17, 15) is 9.90 Å². The summed E-state index contributed by atoms with van der Waals surface area (Å²) in [5.41, 5.74) is 4.63. The Bertz CT molecular complexity index is 666. The standard InChI is InChI=1S/C16H15BrN2O2/c1-2-15(11-6-8-13(17)9-7-11)18-19-16(21)12-4-3-5-14(20)10-12/h3-10,20H,2H2,1H3,(H,19,21)/b18-15-. The fourth-order valence-electron chi connectivity index (χ4n) is 1.82. The molecule has 0 atom stereocenters. The fraction of sp³-hybridized carbons (Fsp3) is 0.125. The Hall–Kier alpha value is -2.14. The van der Waals surface area contributed by atoms with Crippen molar-refractivity contribution >= 4 is 27.5 Å². The van der Waals surface area contributed by atoms with Crippen molar-refractivity contribution in [3.63, 3.8) is 0 Å². The van der Waals surface area contributed by atoms with Gasteiger partial charge in [0.2, 0.25) is 0 Å². The van der Waals surface area contributed by atoms with Crippen molar-refractivity contribution in [3.05, 3.63) is 64.1 Å². The molecule has 0 saturated heterocycles. The van der Waals surface area contributed by atoms with Gasteiger partial charge in [0.25, 0.3) is 5.91 Å². The van der Waals surface area contributed by atoms with E-state index in [0.29, 0.717) is 12.0 Å². The molecule has 2 aromatic carbocycles. The number of benzene rings is 2. The lowest BCUT2D eigenvalue weighted by Gasteiger charge is -2.06. The highest BCUT2D eigenvalue weighted by molar-refractivity contribution is 9.10. The fourth-order valence-corrected chi connectivity index (χ4v) is 2.08. The molecular formula is C16H15BrN2O2. The summed E-state index contributed by atoms with van der Waals surface area (Å²) in [5, 5.41) is 13.5. The highest BCUT2D eigenvalue weighted by atomic mass is 79.9. The molecule has 0 aliphatic carbocycles. The summed E-state index contributed by atoms with van der Waals surface area (Å²) in [4.78, 5) is 12.0. The van der Waals surface area contributed by atoms with Crippen molar-refractivity contribution in [2.45, 2.75) is 13.3 Å². The Morgan fingerprint density at radius 2 is 1.90 bits per heavy atom. The predicted octanol–water partition coefficient (Wildman–Crippen LogP) is 3.70. The van der Waals surface area contributed by atoms with Gasteiger partial charge in [-0.1, -0.05) is 41.1 Å². The van der Waals surface area contributed by atoms with Crippen LogP contribution in [0.2, 0.25) is 0 Å².